The van der Waals surface area contributed by atoms with Crippen molar-refractivity contribution in [2.75, 3.05) is 0 Å². The largest absolute Gasteiger partial charge is 0.476 e. The summed E-state index contributed by atoms with van der Waals surface area (Å²) in [7, 11) is 0. The van der Waals surface area contributed by atoms with E-state index in [0.29, 0.717) is 9.39 Å². The molecule has 19 heavy (non-hydrogen) atoms. The second-order valence-electron chi connectivity index (χ2n) is 4.61. The molecule has 0 saturated carbocycles. The maximum atomic E-state index is 11.2. The molecular weight excluding hydrogens is 357 g/mol. The molecule has 0 amide bonds. The van der Waals surface area contributed by atoms with Gasteiger partial charge in [0.1, 0.15) is 0 Å². The summed E-state index contributed by atoms with van der Waals surface area (Å²) in [6.45, 7) is 5.99. The fourth-order valence-electron chi connectivity index (χ4n) is 1.86. The number of aromatic nitrogens is 3. The fourth-order valence-corrected chi connectivity index (χ4v) is 3.05. The summed E-state index contributed by atoms with van der Waals surface area (Å²) < 4.78 is 2.30. The first-order chi connectivity index (χ1) is 8.91. The number of nitrogens with zero attached hydrogens (tertiary/aromatic N) is 3. The van der Waals surface area contributed by atoms with Crippen molar-refractivity contribution in [3.8, 4) is 5.82 Å². The predicted octanol–water partition coefficient (Wildman–Crippen LogP) is 3.00. The van der Waals surface area contributed by atoms with Gasteiger partial charge in [0.15, 0.2) is 11.5 Å². The fraction of sp³-hybridized carbons (Fsp3) is 0.308. The van der Waals surface area contributed by atoms with Crippen LogP contribution in [0.3, 0.4) is 0 Å². The molecule has 100 valence electrons. The number of carboxylic acids is 1. The number of rotatable bonds is 3. The molecule has 0 fully saturated rings. The molecule has 0 aliphatic rings. The maximum absolute atomic E-state index is 11.2. The lowest BCUT2D eigenvalue weighted by atomic mass is 10.1. The molecule has 5 nitrogen and oxygen atoms in total. The summed E-state index contributed by atoms with van der Waals surface area (Å²) in [6, 6.07) is 3.78. The highest BCUT2D eigenvalue weighted by Crippen LogP contribution is 2.26. The van der Waals surface area contributed by atoms with E-state index in [1.54, 1.807) is 10.9 Å². The number of aromatic carboxylic acids is 1. The van der Waals surface area contributed by atoms with E-state index in [-0.39, 0.29) is 11.6 Å². The normalized spacial score (nSPS) is 11.0. The van der Waals surface area contributed by atoms with E-state index in [2.05, 4.69) is 10.1 Å². The first kappa shape index (κ1) is 14.0. The number of hydrogen-bond acceptors (Lipinski definition) is 3. The Labute approximate surface area is 124 Å². The van der Waals surface area contributed by atoms with Gasteiger partial charge in [-0.2, -0.15) is 5.10 Å². The lowest BCUT2D eigenvalue weighted by Gasteiger charge is -2.10. The Kier molecular flexibility index (Phi) is 3.88. The number of hydrogen-bond donors (Lipinski definition) is 1. The van der Waals surface area contributed by atoms with Crippen molar-refractivity contribution in [1.29, 1.82) is 0 Å². The molecule has 0 spiro atoms. The molecule has 1 N–H and O–H groups in total. The molecule has 0 unspecified atom stereocenters. The predicted molar refractivity (Wildman–Crippen MR) is 79.9 cm³/mol. The van der Waals surface area contributed by atoms with Crippen molar-refractivity contribution in [1.82, 2.24) is 14.8 Å². The average molecular weight is 371 g/mol. The Hall–Kier alpha value is -1.44. The van der Waals surface area contributed by atoms with Crippen LogP contribution in [0.2, 0.25) is 0 Å². The number of pyridine rings is 1. The smallest absolute Gasteiger partial charge is 0.357 e. The number of halogens is 1. The van der Waals surface area contributed by atoms with E-state index in [1.807, 2.05) is 55.5 Å². The third-order valence-electron chi connectivity index (χ3n) is 2.73. The quantitative estimate of drug-likeness (QED) is 0.843. The Balaban J connectivity index is 2.69. The Morgan fingerprint density at radius 2 is 2.16 bits per heavy atom. The van der Waals surface area contributed by atoms with E-state index in [1.165, 1.54) is 0 Å². The van der Waals surface area contributed by atoms with Crippen LogP contribution >= 0.6 is 22.6 Å². The monoisotopic (exact) mass is 371 g/mol. The Morgan fingerprint density at radius 3 is 2.68 bits per heavy atom. The summed E-state index contributed by atoms with van der Waals surface area (Å²) >= 11 is 2.04. The molecule has 0 atom stereocenters. The molecule has 0 radical (unpaired) electrons. The minimum atomic E-state index is -1.02. The average Bonchev–Trinajstić information content (AvgIpc) is 2.67. The molecular formula is C13H14IN3O2. The van der Waals surface area contributed by atoms with Crippen LogP contribution in [-0.2, 0) is 0 Å². The van der Waals surface area contributed by atoms with Crippen molar-refractivity contribution in [2.24, 2.45) is 0 Å². The summed E-state index contributed by atoms with van der Waals surface area (Å²) in [5.74, 6) is -0.207. The molecule has 2 heterocycles. The van der Waals surface area contributed by atoms with Crippen molar-refractivity contribution < 1.29 is 9.90 Å². The zero-order valence-corrected chi connectivity index (χ0v) is 13.0. The third-order valence-corrected chi connectivity index (χ3v) is 3.79. The van der Waals surface area contributed by atoms with Gasteiger partial charge in [0.2, 0.25) is 0 Å². The van der Waals surface area contributed by atoms with Gasteiger partial charge < -0.3 is 5.11 Å². The van der Waals surface area contributed by atoms with Crippen LogP contribution in [-0.4, -0.2) is 25.8 Å². The standard InChI is InChI=1S/C13H14IN3O2/c1-7(2)12-10(14)11(13(18)19)16-17(12)9-6-8(3)4-5-15-9/h4-7H,1-3H3,(H,18,19). The van der Waals surface area contributed by atoms with Crippen LogP contribution in [0.4, 0.5) is 0 Å². The van der Waals surface area contributed by atoms with Crippen LogP contribution in [0, 0.1) is 10.5 Å². The Morgan fingerprint density at radius 1 is 1.47 bits per heavy atom. The minimum absolute atomic E-state index is 0.0765. The van der Waals surface area contributed by atoms with Gasteiger partial charge in [0.05, 0.1) is 9.26 Å². The highest BCUT2D eigenvalue weighted by molar-refractivity contribution is 14.1. The van der Waals surface area contributed by atoms with Crippen molar-refractivity contribution in [2.45, 2.75) is 26.7 Å². The number of aryl methyl sites for hydroxylation is 1. The van der Waals surface area contributed by atoms with Gasteiger partial charge in [-0.15, -0.1) is 0 Å². The van der Waals surface area contributed by atoms with Gasteiger partial charge in [-0.1, -0.05) is 13.8 Å². The molecule has 6 heteroatoms. The van der Waals surface area contributed by atoms with Gasteiger partial charge in [0.25, 0.3) is 0 Å². The van der Waals surface area contributed by atoms with Crippen molar-refractivity contribution in [3.05, 3.63) is 38.9 Å². The van der Waals surface area contributed by atoms with Gasteiger partial charge >= 0.3 is 5.97 Å². The summed E-state index contributed by atoms with van der Waals surface area (Å²) in [6.07, 6.45) is 1.70. The second-order valence-corrected chi connectivity index (χ2v) is 5.69. The lowest BCUT2D eigenvalue weighted by molar-refractivity contribution is 0.0689. The van der Waals surface area contributed by atoms with E-state index in [0.717, 1.165) is 11.3 Å². The molecule has 2 rings (SSSR count). The number of carboxylic acid groups (broad SMARTS) is 1. The SMILES string of the molecule is Cc1ccnc(-n2nc(C(=O)O)c(I)c2C(C)C)c1. The first-order valence-electron chi connectivity index (χ1n) is 5.86. The van der Waals surface area contributed by atoms with Crippen LogP contribution in [0.1, 0.15) is 41.5 Å². The first-order valence-corrected chi connectivity index (χ1v) is 6.94. The van der Waals surface area contributed by atoms with E-state index in [9.17, 15) is 9.90 Å². The van der Waals surface area contributed by atoms with Crippen LogP contribution < -0.4 is 0 Å². The van der Waals surface area contributed by atoms with Gasteiger partial charge in [-0.25, -0.2) is 14.5 Å². The molecule has 0 saturated heterocycles. The zero-order chi connectivity index (χ0) is 14.2. The maximum Gasteiger partial charge on any atom is 0.357 e. The Bertz CT molecular complexity index is 635. The van der Waals surface area contributed by atoms with Gasteiger partial charge in [-0.3, -0.25) is 0 Å². The molecule has 2 aromatic rings. The molecule has 2 aromatic heterocycles. The van der Waals surface area contributed by atoms with Crippen LogP contribution in [0.5, 0.6) is 0 Å². The van der Waals surface area contributed by atoms with E-state index >= 15 is 0 Å². The molecule has 0 aliphatic carbocycles. The topological polar surface area (TPSA) is 68.0 Å². The van der Waals surface area contributed by atoms with Crippen LogP contribution in [0.25, 0.3) is 5.82 Å². The third kappa shape index (κ3) is 2.63. The molecule has 0 bridgehead atoms. The van der Waals surface area contributed by atoms with E-state index in [4.69, 9.17) is 0 Å². The van der Waals surface area contributed by atoms with E-state index < -0.39 is 5.97 Å². The van der Waals surface area contributed by atoms with Crippen molar-refractivity contribution >= 4 is 28.6 Å². The highest BCUT2D eigenvalue weighted by atomic mass is 127. The minimum Gasteiger partial charge on any atom is -0.476 e. The molecule has 0 aliphatic heterocycles. The van der Waals surface area contributed by atoms with Gasteiger partial charge in [0, 0.05) is 6.20 Å². The van der Waals surface area contributed by atoms with Gasteiger partial charge in [-0.05, 0) is 53.1 Å². The lowest BCUT2D eigenvalue weighted by Crippen LogP contribution is -2.07. The zero-order valence-electron chi connectivity index (χ0n) is 10.9. The highest BCUT2D eigenvalue weighted by Gasteiger charge is 2.23. The van der Waals surface area contributed by atoms with Crippen LogP contribution in [0.15, 0.2) is 18.3 Å². The second kappa shape index (κ2) is 5.28. The van der Waals surface area contributed by atoms with Crippen molar-refractivity contribution in [3.63, 3.8) is 0 Å². The summed E-state index contributed by atoms with van der Waals surface area (Å²) in [4.78, 5) is 15.5. The summed E-state index contributed by atoms with van der Waals surface area (Å²) in [5, 5.41) is 13.4. The summed E-state index contributed by atoms with van der Waals surface area (Å²) in [5.41, 5.74) is 2.01. The molecule has 0 aromatic carbocycles. The number of carbonyl (C=O) groups is 1.